The van der Waals surface area contributed by atoms with E-state index in [1.54, 1.807) is 48.5 Å². The van der Waals surface area contributed by atoms with E-state index in [9.17, 15) is 9.59 Å². The first-order valence-corrected chi connectivity index (χ1v) is 10.1. The Kier molecular flexibility index (Phi) is 7.24. The predicted octanol–water partition coefficient (Wildman–Crippen LogP) is 5.58. The summed E-state index contributed by atoms with van der Waals surface area (Å²) in [7, 11) is 0. The van der Waals surface area contributed by atoms with E-state index in [2.05, 4.69) is 33.1 Å². The largest absolute Gasteiger partial charge is 0.423 e. The molecular formula is C21H13Cl2IN2O3. The summed E-state index contributed by atoms with van der Waals surface area (Å²) in [5.74, 6) is -0.538. The summed E-state index contributed by atoms with van der Waals surface area (Å²) in [6.45, 7) is 0. The zero-order valence-electron chi connectivity index (χ0n) is 14.7. The number of hydrogen-bond donors (Lipinski definition) is 1. The minimum Gasteiger partial charge on any atom is -0.423 e. The quantitative estimate of drug-likeness (QED) is 0.151. The van der Waals surface area contributed by atoms with Crippen LogP contribution in [-0.2, 0) is 0 Å². The van der Waals surface area contributed by atoms with Crippen LogP contribution in [0, 0.1) is 3.57 Å². The second-order valence-electron chi connectivity index (χ2n) is 5.79. The lowest BCUT2D eigenvalue weighted by molar-refractivity contribution is 0.0734. The minimum atomic E-state index is -0.585. The molecule has 1 N–H and O–H groups in total. The van der Waals surface area contributed by atoms with E-state index in [0.29, 0.717) is 16.3 Å². The number of esters is 1. The van der Waals surface area contributed by atoms with Crippen molar-refractivity contribution in [2.24, 2.45) is 5.10 Å². The Morgan fingerprint density at radius 2 is 1.76 bits per heavy atom. The number of hydrogen-bond acceptors (Lipinski definition) is 4. The summed E-state index contributed by atoms with van der Waals surface area (Å²) in [4.78, 5) is 24.3. The normalized spacial score (nSPS) is 10.7. The zero-order valence-corrected chi connectivity index (χ0v) is 18.4. The van der Waals surface area contributed by atoms with E-state index in [-0.39, 0.29) is 16.5 Å². The molecule has 0 fully saturated rings. The zero-order chi connectivity index (χ0) is 20.8. The van der Waals surface area contributed by atoms with Crippen LogP contribution in [0.4, 0.5) is 0 Å². The number of nitrogens with zero attached hydrogens (tertiary/aromatic N) is 1. The van der Waals surface area contributed by atoms with Crippen molar-refractivity contribution in [3.63, 3.8) is 0 Å². The standard InChI is InChI=1S/C21H13Cl2IN2O3/c22-15-6-9-18(19(23)11-15)21(28)29-17-7-4-13(5-8-17)12-25-26-20(27)14-2-1-3-16(24)10-14/h1-12H,(H,26,27)/b25-12-. The summed E-state index contributed by atoms with van der Waals surface area (Å²) >= 11 is 14.0. The van der Waals surface area contributed by atoms with Crippen LogP contribution < -0.4 is 10.2 Å². The topological polar surface area (TPSA) is 67.8 Å². The first kappa shape index (κ1) is 21.3. The third-order valence-corrected chi connectivity index (χ3v) is 4.93. The molecule has 8 heteroatoms. The van der Waals surface area contributed by atoms with Gasteiger partial charge in [-0.3, -0.25) is 4.79 Å². The maximum absolute atomic E-state index is 12.2. The third-order valence-electron chi connectivity index (χ3n) is 3.71. The van der Waals surface area contributed by atoms with Crippen LogP contribution >= 0.6 is 45.8 Å². The van der Waals surface area contributed by atoms with Gasteiger partial charge in [0.15, 0.2) is 0 Å². The van der Waals surface area contributed by atoms with Crippen LogP contribution in [0.15, 0.2) is 71.8 Å². The van der Waals surface area contributed by atoms with Crippen LogP contribution in [0.25, 0.3) is 0 Å². The van der Waals surface area contributed by atoms with Gasteiger partial charge >= 0.3 is 5.97 Å². The molecule has 0 unspecified atom stereocenters. The number of carbonyl (C=O) groups excluding carboxylic acids is 2. The molecule has 0 aliphatic heterocycles. The molecule has 0 aliphatic rings. The average molecular weight is 539 g/mol. The van der Waals surface area contributed by atoms with Crippen LogP contribution in [0.1, 0.15) is 26.3 Å². The molecule has 0 saturated carbocycles. The summed E-state index contributed by atoms with van der Waals surface area (Å²) in [5, 5.41) is 4.59. The molecule has 146 valence electrons. The van der Waals surface area contributed by atoms with Gasteiger partial charge in [-0.2, -0.15) is 5.10 Å². The van der Waals surface area contributed by atoms with Crippen molar-refractivity contribution < 1.29 is 14.3 Å². The fourth-order valence-electron chi connectivity index (χ4n) is 2.30. The van der Waals surface area contributed by atoms with Gasteiger partial charge in [-0.25, -0.2) is 10.2 Å². The summed E-state index contributed by atoms with van der Waals surface area (Å²) in [5.41, 5.74) is 3.94. The number of nitrogens with one attached hydrogen (secondary N) is 1. The van der Waals surface area contributed by atoms with Crippen LogP contribution in [0.2, 0.25) is 10.0 Å². The average Bonchev–Trinajstić information content (AvgIpc) is 2.69. The molecule has 0 heterocycles. The second kappa shape index (κ2) is 9.87. The summed E-state index contributed by atoms with van der Waals surface area (Å²) in [6, 6.07) is 18.4. The van der Waals surface area contributed by atoms with E-state index in [4.69, 9.17) is 27.9 Å². The number of carbonyl (C=O) groups is 2. The van der Waals surface area contributed by atoms with E-state index in [0.717, 1.165) is 9.13 Å². The number of amides is 1. The van der Waals surface area contributed by atoms with Gasteiger partial charge in [0.1, 0.15) is 5.75 Å². The molecule has 0 spiro atoms. The van der Waals surface area contributed by atoms with E-state index in [1.165, 1.54) is 18.3 Å². The van der Waals surface area contributed by atoms with Crippen molar-refractivity contribution in [1.82, 2.24) is 5.43 Å². The number of benzene rings is 3. The van der Waals surface area contributed by atoms with Crippen molar-refractivity contribution in [2.75, 3.05) is 0 Å². The van der Waals surface area contributed by atoms with E-state index >= 15 is 0 Å². The molecular weight excluding hydrogens is 526 g/mol. The molecule has 5 nitrogen and oxygen atoms in total. The lowest BCUT2D eigenvalue weighted by atomic mass is 10.2. The number of halogens is 3. The lowest BCUT2D eigenvalue weighted by Gasteiger charge is -2.06. The first-order valence-electron chi connectivity index (χ1n) is 8.28. The maximum Gasteiger partial charge on any atom is 0.345 e. The van der Waals surface area contributed by atoms with Crippen LogP contribution in [0.5, 0.6) is 5.75 Å². The third kappa shape index (κ3) is 6.03. The molecule has 0 aromatic heterocycles. The second-order valence-corrected chi connectivity index (χ2v) is 7.88. The van der Waals surface area contributed by atoms with Gasteiger partial charge in [-0.1, -0.05) is 29.3 Å². The van der Waals surface area contributed by atoms with Gasteiger partial charge in [0.05, 0.1) is 16.8 Å². The fourth-order valence-corrected chi connectivity index (χ4v) is 3.33. The van der Waals surface area contributed by atoms with Crippen LogP contribution in [0.3, 0.4) is 0 Å². The van der Waals surface area contributed by atoms with Gasteiger partial charge in [0.25, 0.3) is 5.91 Å². The SMILES string of the molecule is O=C(N/N=C\c1ccc(OC(=O)c2ccc(Cl)cc2Cl)cc1)c1cccc(I)c1. The Hall–Kier alpha value is -2.42. The Balaban J connectivity index is 1.59. The van der Waals surface area contributed by atoms with Crippen molar-refractivity contribution >= 4 is 63.9 Å². The number of ether oxygens (including phenoxy) is 1. The van der Waals surface area contributed by atoms with Gasteiger partial charge in [0.2, 0.25) is 0 Å². The molecule has 0 atom stereocenters. The van der Waals surface area contributed by atoms with E-state index < -0.39 is 5.97 Å². The first-order chi connectivity index (χ1) is 13.9. The smallest absolute Gasteiger partial charge is 0.345 e. The molecule has 0 saturated heterocycles. The highest BCUT2D eigenvalue weighted by Crippen LogP contribution is 2.23. The monoisotopic (exact) mass is 538 g/mol. The molecule has 0 radical (unpaired) electrons. The van der Waals surface area contributed by atoms with Crippen molar-refractivity contribution in [2.45, 2.75) is 0 Å². The van der Waals surface area contributed by atoms with Crippen molar-refractivity contribution in [1.29, 1.82) is 0 Å². The fraction of sp³-hybridized carbons (Fsp3) is 0. The Labute approximate surface area is 190 Å². The highest BCUT2D eigenvalue weighted by Gasteiger charge is 2.13. The molecule has 3 rings (SSSR count). The van der Waals surface area contributed by atoms with Crippen molar-refractivity contribution in [3.05, 3.63) is 97.0 Å². The highest BCUT2D eigenvalue weighted by atomic mass is 127. The van der Waals surface area contributed by atoms with Crippen LogP contribution in [-0.4, -0.2) is 18.1 Å². The van der Waals surface area contributed by atoms with Gasteiger partial charge in [-0.15, -0.1) is 0 Å². The Morgan fingerprint density at radius 3 is 2.45 bits per heavy atom. The van der Waals surface area contributed by atoms with E-state index in [1.807, 2.05) is 6.07 Å². The number of hydrazone groups is 1. The molecule has 3 aromatic carbocycles. The Morgan fingerprint density at radius 1 is 1.00 bits per heavy atom. The maximum atomic E-state index is 12.2. The van der Waals surface area contributed by atoms with Gasteiger partial charge in [0, 0.05) is 14.2 Å². The summed E-state index contributed by atoms with van der Waals surface area (Å²) in [6.07, 6.45) is 1.49. The molecule has 3 aromatic rings. The lowest BCUT2D eigenvalue weighted by Crippen LogP contribution is -2.17. The molecule has 29 heavy (non-hydrogen) atoms. The van der Waals surface area contributed by atoms with Crippen molar-refractivity contribution in [3.8, 4) is 5.75 Å². The molecule has 0 aliphatic carbocycles. The summed E-state index contributed by atoms with van der Waals surface area (Å²) < 4.78 is 6.27. The van der Waals surface area contributed by atoms with Gasteiger partial charge in [-0.05, 0) is 88.8 Å². The molecule has 0 bridgehead atoms. The predicted molar refractivity (Wildman–Crippen MR) is 122 cm³/mol. The molecule has 1 amide bonds. The van der Waals surface area contributed by atoms with Gasteiger partial charge < -0.3 is 4.74 Å². The highest BCUT2D eigenvalue weighted by molar-refractivity contribution is 14.1. The Bertz CT molecular complexity index is 1090. The number of rotatable bonds is 5. The minimum absolute atomic E-state index is 0.218.